The lowest BCUT2D eigenvalue weighted by atomic mass is 9.98. The Kier molecular flexibility index (Phi) is 16.6. The van der Waals surface area contributed by atoms with Gasteiger partial charge in [-0.15, -0.1) is 0 Å². The number of hydrogen-bond donors (Lipinski definition) is 4. The number of nitrogens with zero attached hydrogens (tertiary/aromatic N) is 1. The first kappa shape index (κ1) is 46.9. The van der Waals surface area contributed by atoms with Crippen LogP contribution < -0.4 is 20.5 Å². The maximum absolute atomic E-state index is 14.5. The fraction of sp³-hybridized carbons (Fsp3) is 0.595. The number of benzene rings is 2. The van der Waals surface area contributed by atoms with E-state index < -0.39 is 82.3 Å². The molecule has 0 radical (unpaired) electrons. The zero-order chi connectivity index (χ0) is 42.9. The minimum Gasteiger partial charge on any atom is -0.726 e. The van der Waals surface area contributed by atoms with Gasteiger partial charge < -0.3 is 48.9 Å². The van der Waals surface area contributed by atoms with Gasteiger partial charge in [-0.25, -0.2) is 16.8 Å². The highest BCUT2D eigenvalue weighted by Crippen LogP contribution is 2.32. The molecule has 58 heavy (non-hydrogen) atoms. The van der Waals surface area contributed by atoms with Crippen molar-refractivity contribution >= 4 is 38.1 Å². The third-order valence-electron chi connectivity index (χ3n) is 10.3. The monoisotopic (exact) mass is 856 g/mol. The molecule has 2 amide bonds. The van der Waals surface area contributed by atoms with E-state index in [4.69, 9.17) is 39.6 Å². The van der Waals surface area contributed by atoms with Gasteiger partial charge in [0.2, 0.25) is 32.2 Å². The van der Waals surface area contributed by atoms with E-state index in [0.717, 1.165) is 19.3 Å². The fourth-order valence-corrected chi connectivity index (χ4v) is 9.20. The standard InChI is InChI=1S/C37H55N5O14S2/c1-21-17-28(50-4)22(2)23(3)33(21)57(45,46)41-27(19-54-30-29(20-55-58(47,48)49)56-37(53-7)32(52-6)31(30)51-5)35(43)40-26(36(44)42-15-9-8-10-16-42)18-24-11-13-25(14-12-24)34(38)39/h11-14,17,26-27,29-32,37,41H,8-10,15-16,18-20H2,1-7H3,(H3,38,39)(H,40,43)(H,47,48,49)/p-1. The molecule has 2 aromatic carbocycles. The van der Waals surface area contributed by atoms with Gasteiger partial charge >= 0.3 is 0 Å². The van der Waals surface area contributed by atoms with Crippen LogP contribution in [0, 0.1) is 26.2 Å². The molecule has 0 saturated carbocycles. The van der Waals surface area contributed by atoms with Gasteiger partial charge in [0, 0.05) is 46.4 Å². The molecule has 2 fully saturated rings. The van der Waals surface area contributed by atoms with Gasteiger partial charge in [0.05, 0.1) is 25.2 Å². The molecule has 2 aromatic rings. The Morgan fingerprint density at radius 1 is 0.931 bits per heavy atom. The lowest BCUT2D eigenvalue weighted by Crippen LogP contribution is -2.62. The van der Waals surface area contributed by atoms with Crippen LogP contribution in [-0.2, 0) is 64.3 Å². The molecule has 0 aliphatic carbocycles. The number of aryl methyl sites for hydroxylation is 1. The average molecular weight is 857 g/mol. The Balaban J connectivity index is 1.75. The van der Waals surface area contributed by atoms with Crippen molar-refractivity contribution in [3.05, 3.63) is 58.1 Å². The van der Waals surface area contributed by atoms with Crippen molar-refractivity contribution in [3.8, 4) is 5.75 Å². The van der Waals surface area contributed by atoms with Gasteiger partial charge in [0.1, 0.15) is 48.1 Å². The number of nitrogens with two attached hydrogens (primary N) is 1. The summed E-state index contributed by atoms with van der Waals surface area (Å²) in [5.41, 5.74) is 7.96. The second kappa shape index (κ2) is 20.5. The van der Waals surface area contributed by atoms with Crippen molar-refractivity contribution in [2.45, 2.75) is 94.1 Å². The summed E-state index contributed by atoms with van der Waals surface area (Å²) in [6.07, 6.45) is -3.45. The summed E-state index contributed by atoms with van der Waals surface area (Å²) in [7, 11) is -4.35. The van der Waals surface area contributed by atoms with Gasteiger partial charge in [-0.1, -0.05) is 24.3 Å². The fourth-order valence-electron chi connectivity index (χ4n) is 7.20. The molecule has 2 aliphatic rings. The number of hydrogen-bond acceptors (Lipinski definition) is 15. The minimum absolute atomic E-state index is 0.00863. The first-order chi connectivity index (χ1) is 27.3. The molecule has 19 nitrogen and oxygen atoms in total. The SMILES string of the molecule is COc1cc(C)c(S(=O)(=O)NC(COC2C(COS(=O)(=O)[O-])OC(OC)C(OC)C2OC)C(=O)NC(Cc2ccc(C(=N)N)cc2)C(=O)N2CCCCC2)c(C)c1C. The largest absolute Gasteiger partial charge is 0.726 e. The summed E-state index contributed by atoms with van der Waals surface area (Å²) in [4.78, 5) is 30.1. The lowest BCUT2D eigenvalue weighted by molar-refractivity contribution is -0.308. The van der Waals surface area contributed by atoms with Crippen molar-refractivity contribution < 1.29 is 63.6 Å². The Labute approximate surface area is 339 Å². The van der Waals surface area contributed by atoms with E-state index in [0.29, 0.717) is 46.7 Å². The van der Waals surface area contributed by atoms with Gasteiger partial charge in [-0.3, -0.25) is 19.2 Å². The highest BCUT2D eigenvalue weighted by molar-refractivity contribution is 7.89. The third-order valence-corrected chi connectivity index (χ3v) is 12.5. The molecule has 324 valence electrons. The zero-order valence-corrected chi connectivity index (χ0v) is 35.3. The van der Waals surface area contributed by atoms with Crippen molar-refractivity contribution in [1.82, 2.24) is 14.9 Å². The molecule has 2 aliphatic heterocycles. The quantitative estimate of drug-likeness (QED) is 0.0651. The van der Waals surface area contributed by atoms with Gasteiger partial charge in [-0.2, -0.15) is 4.72 Å². The number of sulfonamides is 1. The van der Waals surface area contributed by atoms with E-state index in [1.807, 2.05) is 0 Å². The third kappa shape index (κ3) is 11.7. The van der Waals surface area contributed by atoms with Crippen LogP contribution in [0.25, 0.3) is 0 Å². The number of rotatable bonds is 19. The molecule has 0 aromatic heterocycles. The van der Waals surface area contributed by atoms with Crippen LogP contribution in [0.1, 0.15) is 47.1 Å². The van der Waals surface area contributed by atoms with Crippen LogP contribution in [0.3, 0.4) is 0 Å². The predicted molar refractivity (Wildman–Crippen MR) is 207 cm³/mol. The first-order valence-electron chi connectivity index (χ1n) is 18.5. The summed E-state index contributed by atoms with van der Waals surface area (Å²) in [6, 6.07) is 5.25. The number of amidine groups is 1. The van der Waals surface area contributed by atoms with E-state index in [-0.39, 0.29) is 23.1 Å². The number of amides is 2. The number of ether oxygens (including phenoxy) is 6. The minimum atomic E-state index is -5.21. The predicted octanol–water partition coefficient (Wildman–Crippen LogP) is 0.555. The number of nitrogens with one attached hydrogen (secondary N) is 3. The second-order valence-corrected chi connectivity index (χ2v) is 16.8. The van der Waals surface area contributed by atoms with E-state index in [2.05, 4.69) is 14.2 Å². The van der Waals surface area contributed by atoms with Crippen molar-refractivity contribution in [2.75, 3.05) is 54.7 Å². The molecule has 5 N–H and O–H groups in total. The summed E-state index contributed by atoms with van der Waals surface area (Å²) in [5.74, 6) is -1.00. The van der Waals surface area contributed by atoms with Crippen LogP contribution in [0.4, 0.5) is 0 Å². The molecule has 21 heteroatoms. The van der Waals surface area contributed by atoms with Crippen molar-refractivity contribution in [3.63, 3.8) is 0 Å². The molecule has 2 heterocycles. The van der Waals surface area contributed by atoms with Crippen molar-refractivity contribution in [1.29, 1.82) is 5.41 Å². The summed E-state index contributed by atoms with van der Waals surface area (Å²) < 4.78 is 104. The number of carbonyl (C=O) groups excluding carboxylic acids is 2. The van der Waals surface area contributed by atoms with Crippen LogP contribution in [0.5, 0.6) is 5.75 Å². The molecule has 4 rings (SSSR count). The van der Waals surface area contributed by atoms with Crippen LogP contribution in [-0.4, -0.2) is 141 Å². The maximum Gasteiger partial charge on any atom is 0.245 e. The number of methoxy groups -OCH3 is 4. The smallest absolute Gasteiger partial charge is 0.245 e. The summed E-state index contributed by atoms with van der Waals surface area (Å²) in [5, 5.41) is 10.5. The number of likely N-dealkylation sites (tertiary alicyclic amines) is 1. The van der Waals surface area contributed by atoms with Crippen molar-refractivity contribution in [2.24, 2.45) is 5.73 Å². The van der Waals surface area contributed by atoms with E-state index in [1.165, 1.54) is 28.4 Å². The molecule has 7 unspecified atom stereocenters. The lowest BCUT2D eigenvalue weighted by Gasteiger charge is -2.44. The topological polar surface area (TPSA) is 267 Å². The Morgan fingerprint density at radius 3 is 2.12 bits per heavy atom. The molecule has 2 saturated heterocycles. The summed E-state index contributed by atoms with van der Waals surface area (Å²) >= 11 is 0. The van der Waals surface area contributed by atoms with E-state index >= 15 is 0 Å². The number of piperidine rings is 1. The Bertz CT molecular complexity index is 1980. The normalized spacial score (nSPS) is 22.6. The zero-order valence-electron chi connectivity index (χ0n) is 33.6. The molecular formula is C37H54N5O14S2-. The van der Waals surface area contributed by atoms with E-state index in [1.54, 1.807) is 56.0 Å². The van der Waals surface area contributed by atoms with Crippen LogP contribution in [0.15, 0.2) is 35.2 Å². The van der Waals surface area contributed by atoms with Gasteiger partial charge in [0.15, 0.2) is 6.29 Å². The average Bonchev–Trinajstić information content (AvgIpc) is 3.18. The highest BCUT2D eigenvalue weighted by atomic mass is 32.3. The second-order valence-electron chi connectivity index (χ2n) is 14.1. The Hall–Kier alpha value is -3.77. The van der Waals surface area contributed by atoms with E-state index in [9.17, 15) is 31.0 Å². The van der Waals surface area contributed by atoms with Gasteiger partial charge in [0.25, 0.3) is 0 Å². The maximum atomic E-state index is 14.5. The number of nitrogen functional groups attached to an aromatic ring is 1. The molecular weight excluding hydrogens is 803 g/mol. The molecule has 0 bridgehead atoms. The van der Waals surface area contributed by atoms with Crippen LogP contribution >= 0.6 is 0 Å². The highest BCUT2D eigenvalue weighted by Gasteiger charge is 2.49. The van der Waals surface area contributed by atoms with Gasteiger partial charge in [-0.05, 0) is 68.4 Å². The molecule has 0 spiro atoms. The first-order valence-corrected chi connectivity index (χ1v) is 21.3. The Morgan fingerprint density at radius 2 is 1.57 bits per heavy atom. The number of carbonyl (C=O) groups is 2. The van der Waals surface area contributed by atoms with Crippen LogP contribution in [0.2, 0.25) is 0 Å². The summed E-state index contributed by atoms with van der Waals surface area (Å²) in [6.45, 7) is 4.23. The molecule has 7 atom stereocenters.